The first-order valence-corrected chi connectivity index (χ1v) is 5.83. The van der Waals surface area contributed by atoms with Gasteiger partial charge in [0.25, 0.3) is 0 Å². The SMILES string of the molecule is Cc1sc(CN)nc1-c1ccccc1Cl. The summed E-state index contributed by atoms with van der Waals surface area (Å²) in [5.74, 6) is 0. The summed E-state index contributed by atoms with van der Waals surface area (Å²) in [6.07, 6.45) is 0. The summed E-state index contributed by atoms with van der Waals surface area (Å²) in [5, 5.41) is 1.68. The lowest BCUT2D eigenvalue weighted by Crippen LogP contribution is -1.94. The lowest BCUT2D eigenvalue weighted by Gasteiger charge is -2.00. The summed E-state index contributed by atoms with van der Waals surface area (Å²) in [6.45, 7) is 2.52. The minimum absolute atomic E-state index is 0.482. The standard InChI is InChI=1S/C11H11ClN2S/c1-7-11(14-10(6-13)15-7)8-4-2-3-5-9(8)12/h2-5H,6,13H2,1H3. The normalized spacial score (nSPS) is 10.6. The van der Waals surface area contributed by atoms with Crippen LogP contribution in [0.2, 0.25) is 5.02 Å². The molecule has 0 aliphatic heterocycles. The lowest BCUT2D eigenvalue weighted by molar-refractivity contribution is 1.04. The van der Waals surface area contributed by atoms with E-state index in [-0.39, 0.29) is 0 Å². The van der Waals surface area contributed by atoms with Crippen LogP contribution >= 0.6 is 22.9 Å². The van der Waals surface area contributed by atoms with Crippen LogP contribution in [0.3, 0.4) is 0 Å². The van der Waals surface area contributed by atoms with Crippen LogP contribution < -0.4 is 5.73 Å². The van der Waals surface area contributed by atoms with Gasteiger partial charge in [0.2, 0.25) is 0 Å². The second-order valence-electron chi connectivity index (χ2n) is 3.20. The Kier molecular flexibility index (Phi) is 3.05. The molecule has 2 aromatic rings. The van der Waals surface area contributed by atoms with E-state index < -0.39 is 0 Å². The zero-order valence-electron chi connectivity index (χ0n) is 8.33. The van der Waals surface area contributed by atoms with Gasteiger partial charge >= 0.3 is 0 Å². The Hall–Kier alpha value is -0.900. The number of halogens is 1. The van der Waals surface area contributed by atoms with Crippen molar-refractivity contribution < 1.29 is 0 Å². The highest BCUT2D eigenvalue weighted by Gasteiger charge is 2.11. The molecule has 15 heavy (non-hydrogen) atoms. The Bertz CT molecular complexity index is 479. The quantitative estimate of drug-likeness (QED) is 0.873. The van der Waals surface area contributed by atoms with E-state index in [9.17, 15) is 0 Å². The van der Waals surface area contributed by atoms with Crippen molar-refractivity contribution in [1.29, 1.82) is 0 Å². The molecule has 2 rings (SSSR count). The monoisotopic (exact) mass is 238 g/mol. The van der Waals surface area contributed by atoms with Crippen molar-refractivity contribution in [3.05, 3.63) is 39.2 Å². The van der Waals surface area contributed by atoms with Crippen molar-refractivity contribution in [1.82, 2.24) is 4.98 Å². The topological polar surface area (TPSA) is 38.9 Å². The van der Waals surface area contributed by atoms with Crippen LogP contribution in [0.15, 0.2) is 24.3 Å². The molecule has 0 saturated carbocycles. The molecule has 0 spiro atoms. The summed E-state index contributed by atoms with van der Waals surface area (Å²) >= 11 is 7.74. The molecule has 0 saturated heterocycles. The van der Waals surface area contributed by atoms with Gasteiger partial charge in [-0.1, -0.05) is 29.8 Å². The van der Waals surface area contributed by atoms with Crippen molar-refractivity contribution in [3.8, 4) is 11.3 Å². The second-order valence-corrected chi connectivity index (χ2v) is 4.89. The fourth-order valence-electron chi connectivity index (χ4n) is 1.44. The molecule has 0 fully saturated rings. The Balaban J connectivity index is 2.54. The number of aromatic nitrogens is 1. The van der Waals surface area contributed by atoms with Crippen molar-refractivity contribution in [2.75, 3.05) is 0 Å². The molecule has 0 unspecified atom stereocenters. The maximum Gasteiger partial charge on any atom is 0.107 e. The molecule has 2 nitrogen and oxygen atoms in total. The van der Waals surface area contributed by atoms with Gasteiger partial charge in [-0.15, -0.1) is 11.3 Å². The van der Waals surface area contributed by atoms with Crippen LogP contribution in [0.5, 0.6) is 0 Å². The number of nitrogens with two attached hydrogens (primary N) is 1. The fraction of sp³-hybridized carbons (Fsp3) is 0.182. The molecule has 0 bridgehead atoms. The van der Waals surface area contributed by atoms with Gasteiger partial charge in [-0.2, -0.15) is 0 Å². The molecule has 0 amide bonds. The predicted molar refractivity (Wildman–Crippen MR) is 65.2 cm³/mol. The summed E-state index contributed by atoms with van der Waals surface area (Å²) in [5.41, 5.74) is 7.49. The maximum absolute atomic E-state index is 6.12. The van der Waals surface area contributed by atoms with Crippen LogP contribution in [0, 0.1) is 6.92 Å². The summed E-state index contributed by atoms with van der Waals surface area (Å²) < 4.78 is 0. The molecule has 78 valence electrons. The van der Waals surface area contributed by atoms with E-state index in [4.69, 9.17) is 17.3 Å². The van der Waals surface area contributed by atoms with Gasteiger partial charge in [-0.25, -0.2) is 4.98 Å². The van der Waals surface area contributed by atoms with Crippen LogP contribution in [0.4, 0.5) is 0 Å². The van der Waals surface area contributed by atoms with Crippen LogP contribution in [-0.4, -0.2) is 4.98 Å². The number of hydrogen-bond acceptors (Lipinski definition) is 3. The average molecular weight is 239 g/mol. The first kappa shape index (κ1) is 10.6. The molecule has 1 heterocycles. The smallest absolute Gasteiger partial charge is 0.107 e. The van der Waals surface area contributed by atoms with Gasteiger partial charge in [0.15, 0.2) is 0 Å². The summed E-state index contributed by atoms with van der Waals surface area (Å²) in [7, 11) is 0. The molecule has 0 aliphatic carbocycles. The first-order chi connectivity index (χ1) is 7.22. The lowest BCUT2D eigenvalue weighted by atomic mass is 10.1. The molecule has 4 heteroatoms. The van der Waals surface area contributed by atoms with Gasteiger partial charge in [0.05, 0.1) is 5.69 Å². The Morgan fingerprint density at radius 1 is 1.40 bits per heavy atom. The second kappa shape index (κ2) is 4.31. The van der Waals surface area contributed by atoms with Gasteiger partial charge in [0.1, 0.15) is 5.01 Å². The summed E-state index contributed by atoms with van der Waals surface area (Å²) in [4.78, 5) is 5.62. The molecule has 0 radical (unpaired) electrons. The minimum Gasteiger partial charge on any atom is -0.325 e. The van der Waals surface area contributed by atoms with Crippen molar-refractivity contribution >= 4 is 22.9 Å². The summed E-state index contributed by atoms with van der Waals surface area (Å²) in [6, 6.07) is 7.72. The number of thiazole rings is 1. The minimum atomic E-state index is 0.482. The van der Waals surface area contributed by atoms with E-state index in [1.54, 1.807) is 11.3 Å². The predicted octanol–water partition coefficient (Wildman–Crippen LogP) is 3.23. The number of rotatable bonds is 2. The van der Waals surface area contributed by atoms with Crippen LogP contribution in [0.1, 0.15) is 9.88 Å². The van der Waals surface area contributed by atoms with E-state index in [1.165, 1.54) is 0 Å². The third-order valence-corrected chi connectivity index (χ3v) is 3.47. The zero-order chi connectivity index (χ0) is 10.8. The van der Waals surface area contributed by atoms with Gasteiger partial charge < -0.3 is 5.73 Å². The number of aryl methyl sites for hydroxylation is 1. The Labute approximate surface area is 97.7 Å². The van der Waals surface area contributed by atoms with Crippen molar-refractivity contribution in [2.45, 2.75) is 13.5 Å². The van der Waals surface area contributed by atoms with Gasteiger partial charge in [0, 0.05) is 22.0 Å². The molecular weight excluding hydrogens is 228 g/mol. The van der Waals surface area contributed by atoms with Gasteiger partial charge in [-0.05, 0) is 13.0 Å². The van der Waals surface area contributed by atoms with E-state index in [0.29, 0.717) is 6.54 Å². The van der Waals surface area contributed by atoms with Crippen LogP contribution in [-0.2, 0) is 6.54 Å². The Morgan fingerprint density at radius 3 is 2.73 bits per heavy atom. The first-order valence-electron chi connectivity index (χ1n) is 4.63. The van der Waals surface area contributed by atoms with Crippen molar-refractivity contribution in [3.63, 3.8) is 0 Å². The highest BCUT2D eigenvalue weighted by molar-refractivity contribution is 7.12. The highest BCUT2D eigenvalue weighted by atomic mass is 35.5. The van der Waals surface area contributed by atoms with E-state index in [1.807, 2.05) is 31.2 Å². The molecule has 0 aliphatic rings. The number of benzene rings is 1. The number of nitrogens with zero attached hydrogens (tertiary/aromatic N) is 1. The molecular formula is C11H11ClN2S. The largest absolute Gasteiger partial charge is 0.325 e. The van der Waals surface area contributed by atoms with E-state index in [0.717, 1.165) is 26.2 Å². The fourth-order valence-corrected chi connectivity index (χ4v) is 2.49. The molecule has 1 aromatic heterocycles. The maximum atomic E-state index is 6.12. The van der Waals surface area contributed by atoms with Crippen molar-refractivity contribution in [2.24, 2.45) is 5.73 Å². The number of hydrogen-bond donors (Lipinski definition) is 1. The highest BCUT2D eigenvalue weighted by Crippen LogP contribution is 2.32. The van der Waals surface area contributed by atoms with E-state index >= 15 is 0 Å². The van der Waals surface area contributed by atoms with Crippen LogP contribution in [0.25, 0.3) is 11.3 Å². The molecule has 2 N–H and O–H groups in total. The van der Waals surface area contributed by atoms with E-state index in [2.05, 4.69) is 4.98 Å². The third kappa shape index (κ3) is 2.04. The average Bonchev–Trinajstić information content (AvgIpc) is 2.60. The molecule has 1 aromatic carbocycles. The molecule has 0 atom stereocenters. The van der Waals surface area contributed by atoms with Gasteiger partial charge in [-0.3, -0.25) is 0 Å². The zero-order valence-corrected chi connectivity index (χ0v) is 9.90. The third-order valence-electron chi connectivity index (χ3n) is 2.14. The Morgan fingerprint density at radius 2 is 2.13 bits per heavy atom.